The molecule has 0 radical (unpaired) electrons. The van der Waals surface area contributed by atoms with Gasteiger partial charge < -0.3 is 15.0 Å². The third kappa shape index (κ3) is 2.93. The zero-order chi connectivity index (χ0) is 13.2. The van der Waals surface area contributed by atoms with Gasteiger partial charge in [0.1, 0.15) is 10.4 Å². The highest BCUT2D eigenvalue weighted by Crippen LogP contribution is 2.32. The van der Waals surface area contributed by atoms with E-state index in [1.807, 2.05) is 0 Å². The molecule has 5 nitrogen and oxygen atoms in total. The van der Waals surface area contributed by atoms with E-state index in [0.717, 1.165) is 16.6 Å². The lowest BCUT2D eigenvalue weighted by Gasteiger charge is -2.12. The van der Waals surface area contributed by atoms with Crippen molar-refractivity contribution in [2.45, 2.75) is 17.2 Å². The van der Waals surface area contributed by atoms with Gasteiger partial charge in [-0.15, -0.1) is 11.3 Å². The number of aromatic hydroxyl groups is 1. The highest BCUT2D eigenvalue weighted by Gasteiger charge is 2.13. The number of pyridine rings is 1. The van der Waals surface area contributed by atoms with Crippen molar-refractivity contribution in [1.82, 2.24) is 14.9 Å². The second-order valence-electron chi connectivity index (χ2n) is 4.57. The van der Waals surface area contributed by atoms with Gasteiger partial charge in [-0.2, -0.15) is 0 Å². The first-order chi connectivity index (χ1) is 9.22. The Morgan fingerprint density at radius 2 is 2.26 bits per heavy atom. The van der Waals surface area contributed by atoms with Crippen molar-refractivity contribution in [2.24, 2.45) is 0 Å². The highest BCUT2D eigenvalue weighted by molar-refractivity contribution is 8.01. The average molecular weight is 297 g/mol. The van der Waals surface area contributed by atoms with Crippen LogP contribution < -0.4 is 5.56 Å². The normalized spacial score (nSPS) is 16.4. The molecule has 2 aromatic heterocycles. The summed E-state index contributed by atoms with van der Waals surface area (Å²) in [6.45, 7) is 3.48. The molecule has 3 rings (SSSR count). The first-order valence-electron chi connectivity index (χ1n) is 6.30. The van der Waals surface area contributed by atoms with E-state index in [1.165, 1.54) is 43.3 Å². The van der Waals surface area contributed by atoms with E-state index in [2.05, 4.69) is 14.9 Å². The minimum Gasteiger partial charge on any atom is -0.506 e. The van der Waals surface area contributed by atoms with Crippen molar-refractivity contribution in [3.8, 4) is 5.75 Å². The van der Waals surface area contributed by atoms with E-state index in [-0.39, 0.29) is 11.3 Å². The summed E-state index contributed by atoms with van der Waals surface area (Å²) in [5.74, 6) is 1.01. The van der Waals surface area contributed by atoms with Gasteiger partial charge in [0.15, 0.2) is 9.99 Å². The SMILES string of the molecule is O=c1cc(O)c2sc(SCCN3CCCC3)nc2[nH]1. The zero-order valence-electron chi connectivity index (χ0n) is 10.4. The van der Waals surface area contributed by atoms with Gasteiger partial charge in [-0.25, -0.2) is 4.98 Å². The molecule has 0 aliphatic carbocycles. The smallest absolute Gasteiger partial charge is 0.253 e. The molecule has 3 heterocycles. The third-order valence-corrected chi connectivity index (χ3v) is 5.38. The van der Waals surface area contributed by atoms with Crippen LogP contribution in [0.15, 0.2) is 15.2 Å². The number of hydrogen-bond donors (Lipinski definition) is 2. The van der Waals surface area contributed by atoms with E-state index in [9.17, 15) is 9.90 Å². The lowest BCUT2D eigenvalue weighted by atomic mass is 10.4. The van der Waals surface area contributed by atoms with Crippen LogP contribution in [0.1, 0.15) is 12.8 Å². The van der Waals surface area contributed by atoms with Crippen LogP contribution in [0.3, 0.4) is 0 Å². The van der Waals surface area contributed by atoms with Crippen LogP contribution in [0.25, 0.3) is 10.3 Å². The molecule has 0 atom stereocenters. The Kier molecular flexibility index (Phi) is 3.76. The molecule has 7 heteroatoms. The number of aromatic amines is 1. The number of thioether (sulfide) groups is 1. The highest BCUT2D eigenvalue weighted by atomic mass is 32.2. The van der Waals surface area contributed by atoms with Crippen LogP contribution >= 0.6 is 23.1 Å². The van der Waals surface area contributed by atoms with Crippen molar-refractivity contribution in [1.29, 1.82) is 0 Å². The number of aromatic nitrogens is 2. The fourth-order valence-electron chi connectivity index (χ4n) is 2.23. The Labute approximate surface area is 118 Å². The summed E-state index contributed by atoms with van der Waals surface area (Å²) in [5.41, 5.74) is 0.169. The molecule has 0 aromatic carbocycles. The van der Waals surface area contributed by atoms with E-state index < -0.39 is 0 Å². The molecule has 2 N–H and O–H groups in total. The molecule has 1 aliphatic rings. The van der Waals surface area contributed by atoms with E-state index in [1.54, 1.807) is 11.8 Å². The molecule has 0 bridgehead atoms. The second kappa shape index (κ2) is 5.52. The van der Waals surface area contributed by atoms with Crippen LogP contribution in [0.5, 0.6) is 5.75 Å². The summed E-state index contributed by atoms with van der Waals surface area (Å²) in [6.07, 6.45) is 2.61. The van der Waals surface area contributed by atoms with Gasteiger partial charge in [0.25, 0.3) is 5.56 Å². The Morgan fingerprint density at radius 3 is 3.05 bits per heavy atom. The summed E-state index contributed by atoms with van der Waals surface area (Å²) in [6, 6.07) is 1.19. The second-order valence-corrected chi connectivity index (χ2v) is 6.91. The lowest BCUT2D eigenvalue weighted by molar-refractivity contribution is 0.362. The molecule has 102 valence electrons. The Balaban J connectivity index is 1.67. The Bertz CT molecular complexity index is 631. The molecule has 0 spiro atoms. The van der Waals surface area contributed by atoms with Crippen LogP contribution in [-0.4, -0.2) is 45.4 Å². The molecule has 0 saturated carbocycles. The van der Waals surface area contributed by atoms with Crippen molar-refractivity contribution in [2.75, 3.05) is 25.4 Å². The monoisotopic (exact) mass is 297 g/mol. The summed E-state index contributed by atoms with van der Waals surface area (Å²) in [7, 11) is 0. The molecule has 0 amide bonds. The Hall–Kier alpha value is -1.05. The standard InChI is InChI=1S/C12H15N3O2S2/c16-8-7-9(17)13-11-10(8)19-12(14-11)18-6-5-15-3-1-2-4-15/h7H,1-6H2,(H2,13,16,17). The molecule has 1 saturated heterocycles. The van der Waals surface area contributed by atoms with Gasteiger partial charge in [0.2, 0.25) is 0 Å². The van der Waals surface area contributed by atoms with Crippen molar-refractivity contribution in [3.05, 3.63) is 16.4 Å². The van der Waals surface area contributed by atoms with Gasteiger partial charge in [0, 0.05) is 18.4 Å². The van der Waals surface area contributed by atoms with Crippen LogP contribution in [-0.2, 0) is 0 Å². The van der Waals surface area contributed by atoms with Crippen LogP contribution in [0.4, 0.5) is 0 Å². The number of thiazole rings is 1. The first kappa shape index (κ1) is 13.0. The van der Waals surface area contributed by atoms with Crippen molar-refractivity contribution in [3.63, 3.8) is 0 Å². The zero-order valence-corrected chi connectivity index (χ0v) is 12.0. The van der Waals surface area contributed by atoms with Crippen molar-refractivity contribution < 1.29 is 5.11 Å². The van der Waals surface area contributed by atoms with Crippen LogP contribution in [0.2, 0.25) is 0 Å². The van der Waals surface area contributed by atoms with Gasteiger partial charge in [0.05, 0.1) is 0 Å². The lowest BCUT2D eigenvalue weighted by Crippen LogP contribution is -2.21. The number of nitrogens with one attached hydrogen (secondary N) is 1. The van der Waals surface area contributed by atoms with E-state index in [0.29, 0.717) is 10.3 Å². The van der Waals surface area contributed by atoms with Gasteiger partial charge in [-0.3, -0.25) is 4.79 Å². The minimum absolute atomic E-state index is 0.0163. The number of nitrogens with zero attached hydrogens (tertiary/aromatic N) is 2. The fourth-order valence-corrected chi connectivity index (χ4v) is 4.32. The first-order valence-corrected chi connectivity index (χ1v) is 8.10. The molecular formula is C12H15N3O2S2. The number of fused-ring (bicyclic) bond motifs is 1. The maximum atomic E-state index is 11.2. The minimum atomic E-state index is -0.316. The summed E-state index contributed by atoms with van der Waals surface area (Å²) >= 11 is 3.11. The number of H-pyrrole nitrogens is 1. The average Bonchev–Trinajstić information content (AvgIpc) is 2.98. The van der Waals surface area contributed by atoms with Gasteiger partial charge in [-0.05, 0) is 25.9 Å². The molecule has 19 heavy (non-hydrogen) atoms. The largest absolute Gasteiger partial charge is 0.506 e. The quantitative estimate of drug-likeness (QED) is 0.843. The summed E-state index contributed by atoms with van der Waals surface area (Å²) in [4.78, 5) is 20.7. The maximum absolute atomic E-state index is 11.2. The fraction of sp³-hybridized carbons (Fsp3) is 0.500. The Morgan fingerprint density at radius 1 is 1.47 bits per heavy atom. The molecule has 1 fully saturated rings. The summed E-state index contributed by atoms with van der Waals surface area (Å²) < 4.78 is 1.55. The van der Waals surface area contributed by atoms with Crippen LogP contribution in [0, 0.1) is 0 Å². The topological polar surface area (TPSA) is 69.2 Å². The van der Waals surface area contributed by atoms with Crippen molar-refractivity contribution >= 4 is 33.4 Å². The molecule has 1 aliphatic heterocycles. The van der Waals surface area contributed by atoms with Gasteiger partial charge >= 0.3 is 0 Å². The molecule has 0 unspecified atom stereocenters. The predicted molar refractivity (Wildman–Crippen MR) is 78.3 cm³/mol. The van der Waals surface area contributed by atoms with E-state index >= 15 is 0 Å². The molecule has 2 aromatic rings. The molecular weight excluding hydrogens is 282 g/mol. The summed E-state index contributed by atoms with van der Waals surface area (Å²) in [5, 5.41) is 9.70. The number of rotatable bonds is 4. The van der Waals surface area contributed by atoms with E-state index in [4.69, 9.17) is 0 Å². The number of likely N-dealkylation sites (tertiary alicyclic amines) is 1. The predicted octanol–water partition coefficient (Wildman–Crippen LogP) is 1.88. The third-order valence-electron chi connectivity index (χ3n) is 3.18. The van der Waals surface area contributed by atoms with Gasteiger partial charge in [-0.1, -0.05) is 11.8 Å². The number of hydrogen-bond acceptors (Lipinski definition) is 6. The maximum Gasteiger partial charge on any atom is 0.253 e.